The van der Waals surface area contributed by atoms with Crippen molar-refractivity contribution in [1.82, 2.24) is 15.1 Å². The van der Waals surface area contributed by atoms with Crippen LogP contribution in [0.1, 0.15) is 24.5 Å². The van der Waals surface area contributed by atoms with E-state index in [0.29, 0.717) is 24.7 Å². The smallest absolute Gasteiger partial charge is 0.153 e. The number of Topliss-reactive ketones (excluding diaryl/α,β-unsaturated/α-hetero) is 1. The van der Waals surface area contributed by atoms with Crippen LogP contribution in [-0.4, -0.2) is 54.1 Å². The lowest BCUT2D eigenvalue weighted by Crippen LogP contribution is -2.21. The molecule has 0 bridgehead atoms. The zero-order chi connectivity index (χ0) is 12.5. The van der Waals surface area contributed by atoms with Crippen molar-refractivity contribution in [1.29, 1.82) is 0 Å². The molecule has 0 spiro atoms. The van der Waals surface area contributed by atoms with Crippen LogP contribution in [0.5, 0.6) is 0 Å². The van der Waals surface area contributed by atoms with Gasteiger partial charge in [0.25, 0.3) is 0 Å². The monoisotopic (exact) mass is 246 g/mol. The molecule has 0 radical (unpaired) electrons. The van der Waals surface area contributed by atoms with Gasteiger partial charge >= 0.3 is 0 Å². The predicted molar refractivity (Wildman–Crippen MR) is 68.7 cm³/mol. The average molecular weight is 246 g/mol. The summed E-state index contributed by atoms with van der Waals surface area (Å²) in [4.78, 5) is 15.6. The topological polar surface area (TPSA) is 49.3 Å². The minimum Gasteiger partial charge on any atom is -0.347 e. The lowest BCUT2D eigenvalue weighted by Gasteiger charge is -2.15. The Bertz CT molecular complexity index is 445. The Balaban J connectivity index is 1.71. The van der Waals surface area contributed by atoms with Crippen molar-refractivity contribution in [2.45, 2.75) is 18.8 Å². The zero-order valence-electron chi connectivity index (χ0n) is 10.7. The van der Waals surface area contributed by atoms with Crippen LogP contribution in [0, 0.1) is 0 Å². The third-order valence-electron chi connectivity index (χ3n) is 3.83. The number of carbonyl (C=O) groups is 1. The second-order valence-electron chi connectivity index (χ2n) is 5.27. The Morgan fingerprint density at radius 3 is 2.72 bits per heavy atom. The summed E-state index contributed by atoms with van der Waals surface area (Å²) in [5, 5.41) is 8.61. The van der Waals surface area contributed by atoms with Crippen molar-refractivity contribution < 1.29 is 4.79 Å². The average Bonchev–Trinajstić information content (AvgIpc) is 2.98. The molecule has 2 saturated heterocycles. The molecule has 3 heterocycles. The Labute approximate surface area is 107 Å². The lowest BCUT2D eigenvalue weighted by molar-refractivity contribution is -0.116. The van der Waals surface area contributed by atoms with E-state index in [0.717, 1.165) is 37.6 Å². The highest BCUT2D eigenvalue weighted by Crippen LogP contribution is 2.25. The molecular weight excluding hydrogens is 228 g/mol. The highest BCUT2D eigenvalue weighted by molar-refractivity contribution is 5.86. The molecule has 1 aromatic rings. The number of ketones is 1. The summed E-state index contributed by atoms with van der Waals surface area (Å²) in [6.07, 6.45) is 1.80. The largest absolute Gasteiger partial charge is 0.347 e. The van der Waals surface area contributed by atoms with Gasteiger partial charge in [-0.25, -0.2) is 0 Å². The Hall–Kier alpha value is -1.49. The summed E-state index contributed by atoms with van der Waals surface area (Å²) in [5.41, 5.74) is 1.08. The third kappa shape index (κ3) is 2.22. The SMILES string of the molecule is CN1CCC(c2ccc(N3CCC(=O)C3)nn2)C1. The van der Waals surface area contributed by atoms with Crippen molar-refractivity contribution >= 4 is 11.6 Å². The highest BCUT2D eigenvalue weighted by atomic mass is 16.1. The van der Waals surface area contributed by atoms with Gasteiger partial charge < -0.3 is 9.80 Å². The van der Waals surface area contributed by atoms with E-state index in [1.54, 1.807) is 0 Å². The van der Waals surface area contributed by atoms with Crippen LogP contribution in [-0.2, 0) is 4.79 Å². The standard InChI is InChI=1S/C13H18N4O/c1-16-6-4-10(8-16)12-2-3-13(15-14-12)17-7-5-11(18)9-17/h2-3,10H,4-9H2,1H3. The first-order valence-corrected chi connectivity index (χ1v) is 6.51. The Morgan fingerprint density at radius 2 is 2.17 bits per heavy atom. The zero-order valence-corrected chi connectivity index (χ0v) is 10.7. The van der Waals surface area contributed by atoms with Gasteiger partial charge in [0, 0.05) is 25.4 Å². The van der Waals surface area contributed by atoms with Crippen molar-refractivity contribution in [3.8, 4) is 0 Å². The van der Waals surface area contributed by atoms with Gasteiger partial charge in [0.05, 0.1) is 12.2 Å². The van der Waals surface area contributed by atoms with Crippen LogP contribution in [0.25, 0.3) is 0 Å². The third-order valence-corrected chi connectivity index (χ3v) is 3.83. The molecule has 1 unspecified atom stereocenters. The molecule has 5 nitrogen and oxygen atoms in total. The summed E-state index contributed by atoms with van der Waals surface area (Å²) in [6.45, 7) is 3.46. The maximum Gasteiger partial charge on any atom is 0.153 e. The molecule has 2 aliphatic rings. The second kappa shape index (κ2) is 4.65. The van der Waals surface area contributed by atoms with E-state index in [1.165, 1.54) is 0 Å². The summed E-state index contributed by atoms with van der Waals surface area (Å²) in [7, 11) is 2.14. The molecule has 1 aromatic heterocycles. The molecule has 0 aromatic carbocycles. The van der Waals surface area contributed by atoms with Crippen LogP contribution < -0.4 is 4.90 Å². The maximum atomic E-state index is 11.2. The normalized spacial score (nSPS) is 25.1. The van der Waals surface area contributed by atoms with E-state index in [9.17, 15) is 4.79 Å². The number of carbonyl (C=O) groups excluding carboxylic acids is 1. The van der Waals surface area contributed by atoms with Crippen LogP contribution >= 0.6 is 0 Å². The van der Waals surface area contributed by atoms with Crippen molar-refractivity contribution in [3.63, 3.8) is 0 Å². The van der Waals surface area contributed by atoms with Crippen molar-refractivity contribution in [2.24, 2.45) is 0 Å². The number of likely N-dealkylation sites (N-methyl/N-ethyl adjacent to an activating group) is 1. The molecular formula is C13H18N4O. The predicted octanol–water partition coefficient (Wildman–Crippen LogP) is 0.675. The van der Waals surface area contributed by atoms with E-state index in [2.05, 4.69) is 28.2 Å². The van der Waals surface area contributed by atoms with Gasteiger partial charge in [-0.05, 0) is 32.1 Å². The highest BCUT2D eigenvalue weighted by Gasteiger charge is 2.24. The fourth-order valence-corrected chi connectivity index (χ4v) is 2.72. The van der Waals surface area contributed by atoms with Gasteiger partial charge in [-0.1, -0.05) is 0 Å². The summed E-state index contributed by atoms with van der Waals surface area (Å²) in [5.74, 6) is 1.63. The summed E-state index contributed by atoms with van der Waals surface area (Å²) >= 11 is 0. The number of aromatic nitrogens is 2. The van der Waals surface area contributed by atoms with E-state index >= 15 is 0 Å². The van der Waals surface area contributed by atoms with Gasteiger partial charge in [0.1, 0.15) is 0 Å². The van der Waals surface area contributed by atoms with Gasteiger partial charge in [-0.3, -0.25) is 4.79 Å². The lowest BCUT2D eigenvalue weighted by atomic mass is 10.1. The van der Waals surface area contributed by atoms with Crippen LogP contribution in [0.3, 0.4) is 0 Å². The minimum absolute atomic E-state index is 0.290. The Kier molecular flexibility index (Phi) is 2.99. The minimum atomic E-state index is 0.290. The molecule has 0 N–H and O–H groups in total. The van der Waals surface area contributed by atoms with Crippen LogP contribution in [0.4, 0.5) is 5.82 Å². The molecule has 1 atom stereocenters. The molecule has 96 valence electrons. The molecule has 3 rings (SSSR count). The van der Waals surface area contributed by atoms with Crippen molar-refractivity contribution in [3.05, 3.63) is 17.8 Å². The van der Waals surface area contributed by atoms with Gasteiger partial charge in [-0.15, -0.1) is 5.10 Å². The Morgan fingerprint density at radius 1 is 1.28 bits per heavy atom. The summed E-state index contributed by atoms with van der Waals surface area (Å²) < 4.78 is 0. The van der Waals surface area contributed by atoms with Gasteiger partial charge in [-0.2, -0.15) is 5.10 Å². The number of nitrogens with zero attached hydrogens (tertiary/aromatic N) is 4. The quantitative estimate of drug-likeness (QED) is 0.768. The molecule has 0 saturated carbocycles. The number of hydrogen-bond donors (Lipinski definition) is 0. The van der Waals surface area contributed by atoms with Gasteiger partial charge in [0.2, 0.25) is 0 Å². The number of hydrogen-bond acceptors (Lipinski definition) is 5. The molecule has 18 heavy (non-hydrogen) atoms. The number of rotatable bonds is 2. The molecule has 0 aliphatic carbocycles. The number of likely N-dealkylation sites (tertiary alicyclic amines) is 1. The molecule has 5 heteroatoms. The second-order valence-corrected chi connectivity index (χ2v) is 5.27. The van der Waals surface area contributed by atoms with Crippen LogP contribution in [0.15, 0.2) is 12.1 Å². The van der Waals surface area contributed by atoms with Crippen molar-refractivity contribution in [2.75, 3.05) is 38.1 Å². The van der Waals surface area contributed by atoms with E-state index < -0.39 is 0 Å². The van der Waals surface area contributed by atoms with Crippen LogP contribution in [0.2, 0.25) is 0 Å². The fourth-order valence-electron chi connectivity index (χ4n) is 2.72. The summed E-state index contributed by atoms with van der Waals surface area (Å²) in [6, 6.07) is 4.06. The fraction of sp³-hybridized carbons (Fsp3) is 0.615. The first-order valence-electron chi connectivity index (χ1n) is 6.51. The van der Waals surface area contributed by atoms with Gasteiger partial charge in [0.15, 0.2) is 11.6 Å². The first kappa shape index (κ1) is 11.6. The van der Waals surface area contributed by atoms with E-state index in [1.807, 2.05) is 11.0 Å². The number of anilines is 1. The first-order chi connectivity index (χ1) is 8.72. The van der Waals surface area contributed by atoms with E-state index in [-0.39, 0.29) is 0 Å². The molecule has 2 aliphatic heterocycles. The molecule has 0 amide bonds. The van der Waals surface area contributed by atoms with E-state index in [4.69, 9.17) is 0 Å². The molecule has 2 fully saturated rings. The maximum absolute atomic E-state index is 11.2.